The van der Waals surface area contributed by atoms with E-state index in [1.54, 1.807) is 0 Å². The highest BCUT2D eigenvalue weighted by Crippen LogP contribution is 2.25. The summed E-state index contributed by atoms with van der Waals surface area (Å²) in [6.07, 6.45) is 0. The van der Waals surface area contributed by atoms with E-state index in [-0.39, 0.29) is 0 Å². The zero-order valence-corrected chi connectivity index (χ0v) is 11.5. The van der Waals surface area contributed by atoms with E-state index >= 15 is 0 Å². The van der Waals surface area contributed by atoms with Crippen molar-refractivity contribution in [3.8, 4) is 0 Å². The summed E-state index contributed by atoms with van der Waals surface area (Å²) >= 11 is 0. The predicted molar refractivity (Wildman–Crippen MR) is 76.5 cm³/mol. The predicted octanol–water partition coefficient (Wildman–Crippen LogP) is 1.57. The molecule has 0 aromatic heterocycles. The van der Waals surface area contributed by atoms with E-state index in [0.29, 0.717) is 12.0 Å². The van der Waals surface area contributed by atoms with Crippen molar-refractivity contribution in [1.29, 1.82) is 0 Å². The van der Waals surface area contributed by atoms with Gasteiger partial charge in [0, 0.05) is 32.2 Å². The number of nitrogens with two attached hydrogens (primary N) is 1. The van der Waals surface area contributed by atoms with Gasteiger partial charge < -0.3 is 10.6 Å². The number of rotatable bonds is 4. The number of hydrogen-bond donors (Lipinski definition) is 1. The molecule has 1 aromatic carbocycles. The van der Waals surface area contributed by atoms with Crippen LogP contribution in [0.5, 0.6) is 0 Å². The van der Waals surface area contributed by atoms with Crippen molar-refractivity contribution in [2.45, 2.75) is 13.0 Å². The van der Waals surface area contributed by atoms with Gasteiger partial charge in [-0.15, -0.1) is 0 Å². The summed E-state index contributed by atoms with van der Waals surface area (Å²) < 4.78 is 0. The van der Waals surface area contributed by atoms with E-state index < -0.39 is 0 Å². The SMILES string of the molecule is CC(CN)CN1CCN(C)CC1c1ccccc1. The Morgan fingerprint density at radius 1 is 1.28 bits per heavy atom. The van der Waals surface area contributed by atoms with Gasteiger partial charge in [-0.05, 0) is 25.1 Å². The minimum absolute atomic E-state index is 0.513. The van der Waals surface area contributed by atoms with Gasteiger partial charge in [-0.25, -0.2) is 0 Å². The van der Waals surface area contributed by atoms with E-state index in [0.717, 1.165) is 32.7 Å². The molecule has 0 saturated carbocycles. The van der Waals surface area contributed by atoms with Crippen LogP contribution in [0.4, 0.5) is 0 Å². The maximum absolute atomic E-state index is 5.76. The molecule has 3 heteroatoms. The molecule has 0 bridgehead atoms. The number of nitrogens with zero attached hydrogens (tertiary/aromatic N) is 2. The van der Waals surface area contributed by atoms with Crippen molar-refractivity contribution in [3.05, 3.63) is 35.9 Å². The summed E-state index contributed by atoms with van der Waals surface area (Å²) in [5.41, 5.74) is 7.19. The largest absolute Gasteiger partial charge is 0.330 e. The van der Waals surface area contributed by atoms with E-state index in [1.165, 1.54) is 5.56 Å². The monoisotopic (exact) mass is 247 g/mol. The number of piperazine rings is 1. The summed E-state index contributed by atoms with van der Waals surface area (Å²) in [5.74, 6) is 0.569. The molecule has 0 amide bonds. The van der Waals surface area contributed by atoms with Crippen LogP contribution in [0.15, 0.2) is 30.3 Å². The van der Waals surface area contributed by atoms with E-state index in [2.05, 4.69) is 54.1 Å². The van der Waals surface area contributed by atoms with Crippen molar-refractivity contribution in [1.82, 2.24) is 9.80 Å². The van der Waals surface area contributed by atoms with Gasteiger partial charge in [0.2, 0.25) is 0 Å². The Morgan fingerprint density at radius 3 is 2.67 bits per heavy atom. The van der Waals surface area contributed by atoms with E-state index in [1.807, 2.05) is 0 Å². The molecule has 0 spiro atoms. The molecule has 1 aliphatic heterocycles. The lowest BCUT2D eigenvalue weighted by molar-refractivity contribution is 0.0783. The van der Waals surface area contributed by atoms with Gasteiger partial charge >= 0.3 is 0 Å². The first kappa shape index (κ1) is 13.5. The van der Waals surface area contributed by atoms with Crippen LogP contribution >= 0.6 is 0 Å². The van der Waals surface area contributed by atoms with Crippen LogP contribution < -0.4 is 5.73 Å². The first-order valence-corrected chi connectivity index (χ1v) is 6.88. The molecule has 1 aromatic rings. The standard InChI is InChI=1S/C15H25N3/c1-13(10-16)11-18-9-8-17(2)12-15(18)14-6-4-3-5-7-14/h3-7,13,15H,8-12,16H2,1-2H3. The Kier molecular flexibility index (Phi) is 4.75. The van der Waals surface area contributed by atoms with Crippen LogP contribution in [-0.2, 0) is 0 Å². The Morgan fingerprint density at radius 2 is 2.00 bits per heavy atom. The number of hydrogen-bond acceptors (Lipinski definition) is 3. The summed E-state index contributed by atoms with van der Waals surface area (Å²) in [6.45, 7) is 7.51. The molecular weight excluding hydrogens is 222 g/mol. The lowest BCUT2D eigenvalue weighted by Crippen LogP contribution is -2.48. The van der Waals surface area contributed by atoms with Crippen LogP contribution in [0.3, 0.4) is 0 Å². The quantitative estimate of drug-likeness (QED) is 0.876. The average molecular weight is 247 g/mol. The second-order valence-electron chi connectivity index (χ2n) is 5.52. The normalized spacial score (nSPS) is 24.1. The van der Waals surface area contributed by atoms with Crippen LogP contribution in [-0.4, -0.2) is 49.6 Å². The molecule has 2 unspecified atom stereocenters. The Hall–Kier alpha value is -0.900. The van der Waals surface area contributed by atoms with Crippen LogP contribution in [0.25, 0.3) is 0 Å². The molecule has 1 fully saturated rings. The van der Waals surface area contributed by atoms with Crippen molar-refractivity contribution < 1.29 is 0 Å². The molecule has 3 nitrogen and oxygen atoms in total. The summed E-state index contributed by atoms with van der Waals surface area (Å²) in [5, 5.41) is 0. The van der Waals surface area contributed by atoms with Crippen LogP contribution in [0.1, 0.15) is 18.5 Å². The minimum Gasteiger partial charge on any atom is -0.330 e. The first-order chi connectivity index (χ1) is 8.70. The lowest BCUT2D eigenvalue weighted by atomic mass is 10.0. The Bertz CT molecular complexity index is 352. The highest BCUT2D eigenvalue weighted by Gasteiger charge is 2.26. The van der Waals surface area contributed by atoms with Crippen molar-refractivity contribution >= 4 is 0 Å². The summed E-state index contributed by atoms with van der Waals surface area (Å²) in [7, 11) is 2.21. The van der Waals surface area contributed by atoms with E-state index in [4.69, 9.17) is 5.73 Å². The van der Waals surface area contributed by atoms with Crippen LogP contribution in [0.2, 0.25) is 0 Å². The number of likely N-dealkylation sites (N-methyl/N-ethyl adjacent to an activating group) is 1. The fourth-order valence-corrected chi connectivity index (χ4v) is 2.64. The highest BCUT2D eigenvalue weighted by molar-refractivity contribution is 5.20. The third kappa shape index (κ3) is 3.31. The van der Waals surface area contributed by atoms with Gasteiger partial charge in [0.05, 0.1) is 0 Å². The zero-order valence-electron chi connectivity index (χ0n) is 11.5. The van der Waals surface area contributed by atoms with Crippen LogP contribution in [0, 0.1) is 5.92 Å². The smallest absolute Gasteiger partial charge is 0.0475 e. The Labute approximate surface area is 111 Å². The Balaban J connectivity index is 2.11. The third-order valence-electron chi connectivity index (χ3n) is 3.83. The topological polar surface area (TPSA) is 32.5 Å². The molecular formula is C15H25N3. The average Bonchev–Trinajstić information content (AvgIpc) is 2.41. The van der Waals surface area contributed by atoms with Crippen molar-refractivity contribution in [3.63, 3.8) is 0 Å². The van der Waals surface area contributed by atoms with E-state index in [9.17, 15) is 0 Å². The van der Waals surface area contributed by atoms with Gasteiger partial charge in [0.25, 0.3) is 0 Å². The fourth-order valence-electron chi connectivity index (χ4n) is 2.64. The molecule has 2 atom stereocenters. The number of benzene rings is 1. The van der Waals surface area contributed by atoms with Crippen molar-refractivity contribution in [2.75, 3.05) is 39.8 Å². The van der Waals surface area contributed by atoms with Gasteiger partial charge in [0.1, 0.15) is 0 Å². The summed E-state index contributed by atoms with van der Waals surface area (Å²) in [4.78, 5) is 5.01. The van der Waals surface area contributed by atoms with Gasteiger partial charge in [-0.3, -0.25) is 4.90 Å². The molecule has 18 heavy (non-hydrogen) atoms. The van der Waals surface area contributed by atoms with Gasteiger partial charge in [0.15, 0.2) is 0 Å². The second kappa shape index (κ2) is 6.32. The molecule has 1 saturated heterocycles. The zero-order chi connectivity index (χ0) is 13.0. The van der Waals surface area contributed by atoms with Crippen molar-refractivity contribution in [2.24, 2.45) is 11.7 Å². The molecule has 1 aliphatic rings. The van der Waals surface area contributed by atoms with Gasteiger partial charge in [-0.1, -0.05) is 37.3 Å². The lowest BCUT2D eigenvalue weighted by Gasteiger charge is -2.41. The maximum atomic E-state index is 5.76. The molecule has 100 valence electrons. The molecule has 0 aliphatic carbocycles. The maximum Gasteiger partial charge on any atom is 0.0475 e. The molecule has 2 rings (SSSR count). The highest BCUT2D eigenvalue weighted by atomic mass is 15.3. The molecule has 0 radical (unpaired) electrons. The first-order valence-electron chi connectivity index (χ1n) is 6.88. The summed E-state index contributed by atoms with van der Waals surface area (Å²) in [6, 6.07) is 11.3. The molecule has 2 N–H and O–H groups in total. The second-order valence-corrected chi connectivity index (χ2v) is 5.52. The third-order valence-corrected chi connectivity index (χ3v) is 3.83. The minimum atomic E-state index is 0.513. The fraction of sp³-hybridized carbons (Fsp3) is 0.600. The van der Waals surface area contributed by atoms with Gasteiger partial charge in [-0.2, -0.15) is 0 Å². The molecule has 1 heterocycles.